The first-order chi connectivity index (χ1) is 9.90. The third kappa shape index (κ3) is 3.46. The molecule has 0 unspecified atom stereocenters. The van der Waals surface area contributed by atoms with Crippen molar-refractivity contribution < 1.29 is 0 Å². The lowest BCUT2D eigenvalue weighted by molar-refractivity contribution is 0.385. The molecule has 1 aliphatic rings. The van der Waals surface area contributed by atoms with E-state index in [9.17, 15) is 0 Å². The normalized spacial score (nSPS) is 15.7. The molecule has 3 nitrogen and oxygen atoms in total. The molecule has 0 radical (unpaired) electrons. The van der Waals surface area contributed by atoms with E-state index in [4.69, 9.17) is 4.99 Å². The number of nitrogens with zero attached hydrogens (tertiary/aromatic N) is 3. The fourth-order valence-corrected chi connectivity index (χ4v) is 2.61. The van der Waals surface area contributed by atoms with Crippen LogP contribution in [0.5, 0.6) is 0 Å². The van der Waals surface area contributed by atoms with Gasteiger partial charge >= 0.3 is 0 Å². The van der Waals surface area contributed by atoms with Crippen molar-refractivity contribution in [1.29, 1.82) is 0 Å². The maximum Gasteiger partial charge on any atom is 0.107 e. The molecule has 0 aliphatic carbocycles. The smallest absolute Gasteiger partial charge is 0.107 e. The Labute approximate surface area is 129 Å². The van der Waals surface area contributed by atoms with Crippen molar-refractivity contribution in [3.63, 3.8) is 0 Å². The van der Waals surface area contributed by atoms with E-state index in [-0.39, 0.29) is 0 Å². The van der Waals surface area contributed by atoms with Crippen LogP contribution in [0, 0.1) is 0 Å². The van der Waals surface area contributed by atoms with Crippen LogP contribution in [-0.4, -0.2) is 29.4 Å². The van der Waals surface area contributed by atoms with Gasteiger partial charge in [-0.3, -0.25) is 0 Å². The Bertz CT molecular complexity index is 529. The van der Waals surface area contributed by atoms with Gasteiger partial charge in [0.05, 0.1) is 12.4 Å². The van der Waals surface area contributed by atoms with Crippen molar-refractivity contribution in [1.82, 2.24) is 9.80 Å². The lowest BCUT2D eigenvalue weighted by Crippen LogP contribution is -2.26. The van der Waals surface area contributed by atoms with E-state index in [0.717, 1.165) is 18.2 Å². The lowest BCUT2D eigenvalue weighted by Gasteiger charge is -2.21. The summed E-state index contributed by atoms with van der Waals surface area (Å²) in [6, 6.07) is 6.56. The van der Waals surface area contributed by atoms with Crippen molar-refractivity contribution in [3.05, 3.63) is 41.7 Å². The first kappa shape index (κ1) is 15.6. The number of hydrogen-bond acceptors (Lipinski definition) is 2. The average Bonchev–Trinajstić information content (AvgIpc) is 2.85. The van der Waals surface area contributed by atoms with Crippen LogP contribution in [0.3, 0.4) is 0 Å². The van der Waals surface area contributed by atoms with Gasteiger partial charge in [-0.2, -0.15) is 0 Å². The molecule has 0 N–H and O–H groups in total. The molecule has 1 heterocycles. The number of benzene rings is 1. The van der Waals surface area contributed by atoms with E-state index in [2.05, 4.69) is 82.1 Å². The van der Waals surface area contributed by atoms with Crippen molar-refractivity contribution in [2.24, 2.45) is 4.99 Å². The quantitative estimate of drug-likeness (QED) is 0.594. The highest BCUT2D eigenvalue weighted by Crippen LogP contribution is 2.35. The molecule has 0 saturated carbocycles. The summed E-state index contributed by atoms with van der Waals surface area (Å²) in [5.41, 5.74) is 3.82. The van der Waals surface area contributed by atoms with Crippen LogP contribution < -0.4 is 0 Å². The molecule has 0 fully saturated rings. The Balaban J connectivity index is 2.44. The van der Waals surface area contributed by atoms with E-state index >= 15 is 0 Å². The van der Waals surface area contributed by atoms with Crippen LogP contribution in [-0.2, 0) is 0 Å². The third-order valence-corrected chi connectivity index (χ3v) is 3.91. The molecule has 2 rings (SSSR count). The van der Waals surface area contributed by atoms with Crippen molar-refractivity contribution >= 4 is 11.5 Å². The minimum absolute atomic E-state index is 0.479. The topological polar surface area (TPSA) is 18.8 Å². The highest BCUT2D eigenvalue weighted by molar-refractivity contribution is 5.84. The van der Waals surface area contributed by atoms with Crippen LogP contribution >= 0.6 is 0 Å². The van der Waals surface area contributed by atoms with Gasteiger partial charge in [0.25, 0.3) is 0 Å². The standard InChI is InChI=1S/C18H27N3/c1-13(2)16-8-7-9-17(14(3)4)18(16)19-15(5)21-11-10-20(6)12-21/h7-11,13-14H,12H2,1-6H3. The number of rotatable bonds is 3. The largest absolute Gasteiger partial charge is 0.361 e. The fraction of sp³-hybridized carbons (Fsp3) is 0.500. The zero-order chi connectivity index (χ0) is 15.6. The van der Waals surface area contributed by atoms with E-state index in [1.54, 1.807) is 0 Å². The summed E-state index contributed by atoms with van der Waals surface area (Å²) in [7, 11) is 2.07. The Hall–Kier alpha value is -1.77. The van der Waals surface area contributed by atoms with Gasteiger partial charge in [0.1, 0.15) is 5.84 Å². The van der Waals surface area contributed by atoms with Crippen LogP contribution in [0.1, 0.15) is 57.6 Å². The SMILES string of the molecule is CC(=Nc1c(C(C)C)cccc1C(C)C)N1C=CN(C)C1. The van der Waals surface area contributed by atoms with E-state index < -0.39 is 0 Å². The summed E-state index contributed by atoms with van der Waals surface area (Å²) in [5, 5.41) is 0. The van der Waals surface area contributed by atoms with Gasteiger partial charge in [-0.1, -0.05) is 45.9 Å². The highest BCUT2D eigenvalue weighted by Gasteiger charge is 2.16. The Morgan fingerprint density at radius 1 is 1.05 bits per heavy atom. The lowest BCUT2D eigenvalue weighted by atomic mass is 9.93. The first-order valence-corrected chi connectivity index (χ1v) is 7.73. The molecule has 0 aromatic heterocycles. The van der Waals surface area contributed by atoms with Gasteiger partial charge in [0.15, 0.2) is 0 Å². The summed E-state index contributed by atoms with van der Waals surface area (Å²) in [5.74, 6) is 2.00. The number of aliphatic imine (C=N–C) groups is 1. The maximum atomic E-state index is 4.98. The zero-order valence-electron chi connectivity index (χ0n) is 14.1. The number of amidine groups is 1. The molecule has 114 valence electrons. The predicted molar refractivity (Wildman–Crippen MR) is 91.0 cm³/mol. The molecular formula is C18H27N3. The van der Waals surface area contributed by atoms with Crippen LogP contribution in [0.25, 0.3) is 0 Å². The summed E-state index contributed by atoms with van der Waals surface area (Å²) >= 11 is 0. The van der Waals surface area contributed by atoms with Gasteiger partial charge in [0.2, 0.25) is 0 Å². The average molecular weight is 285 g/mol. The molecule has 0 bridgehead atoms. The molecular weight excluding hydrogens is 258 g/mol. The minimum atomic E-state index is 0.479. The molecule has 0 spiro atoms. The third-order valence-electron chi connectivity index (χ3n) is 3.91. The van der Waals surface area contributed by atoms with Crippen molar-refractivity contribution in [2.45, 2.75) is 46.5 Å². The van der Waals surface area contributed by atoms with Crippen molar-refractivity contribution in [2.75, 3.05) is 13.7 Å². The summed E-state index contributed by atoms with van der Waals surface area (Å²) in [6.07, 6.45) is 4.17. The van der Waals surface area contributed by atoms with Gasteiger partial charge in [-0.25, -0.2) is 4.99 Å². The highest BCUT2D eigenvalue weighted by atomic mass is 15.3. The van der Waals surface area contributed by atoms with Crippen LogP contribution in [0.4, 0.5) is 5.69 Å². The maximum absolute atomic E-state index is 4.98. The second-order valence-electron chi connectivity index (χ2n) is 6.42. The van der Waals surface area contributed by atoms with Crippen LogP contribution in [0.15, 0.2) is 35.6 Å². The number of hydrogen-bond donors (Lipinski definition) is 0. The van der Waals surface area contributed by atoms with Gasteiger partial charge < -0.3 is 9.80 Å². The second kappa shape index (κ2) is 6.33. The van der Waals surface area contributed by atoms with Gasteiger partial charge in [-0.05, 0) is 29.9 Å². The van der Waals surface area contributed by atoms with Gasteiger partial charge in [0, 0.05) is 19.4 Å². The number of para-hydroxylation sites is 1. The molecule has 1 aliphatic heterocycles. The molecule has 21 heavy (non-hydrogen) atoms. The Morgan fingerprint density at radius 2 is 1.62 bits per heavy atom. The van der Waals surface area contributed by atoms with E-state index in [1.807, 2.05) is 0 Å². The molecule has 0 saturated heterocycles. The monoisotopic (exact) mass is 285 g/mol. The zero-order valence-corrected chi connectivity index (χ0v) is 14.1. The molecule has 0 amide bonds. The fourth-order valence-electron chi connectivity index (χ4n) is 2.61. The molecule has 1 aromatic rings. The Morgan fingerprint density at radius 3 is 2.05 bits per heavy atom. The van der Waals surface area contributed by atoms with E-state index in [1.165, 1.54) is 11.1 Å². The second-order valence-corrected chi connectivity index (χ2v) is 6.42. The molecule has 1 aromatic carbocycles. The van der Waals surface area contributed by atoms with Crippen molar-refractivity contribution in [3.8, 4) is 0 Å². The Kier molecular flexibility index (Phi) is 4.71. The minimum Gasteiger partial charge on any atom is -0.361 e. The summed E-state index contributed by atoms with van der Waals surface area (Å²) in [4.78, 5) is 9.31. The van der Waals surface area contributed by atoms with E-state index in [0.29, 0.717) is 11.8 Å². The first-order valence-electron chi connectivity index (χ1n) is 7.73. The predicted octanol–water partition coefficient (Wildman–Crippen LogP) is 4.66. The summed E-state index contributed by atoms with van der Waals surface area (Å²) in [6.45, 7) is 11.9. The van der Waals surface area contributed by atoms with Gasteiger partial charge in [-0.15, -0.1) is 0 Å². The molecule has 0 atom stereocenters. The summed E-state index contributed by atoms with van der Waals surface area (Å²) < 4.78 is 0. The molecule has 3 heteroatoms. The van der Waals surface area contributed by atoms with Crippen LogP contribution in [0.2, 0.25) is 0 Å².